The van der Waals surface area contributed by atoms with Crippen molar-refractivity contribution in [2.45, 2.75) is 19.9 Å². The molecule has 0 aliphatic carbocycles. The standard InChI is InChI=1S/C12H12BrNO/c1-8(2)14-6-5-9-3-4-10(13)7-11(9)12(14)15/h3-8H,1-2H3. The van der Waals surface area contributed by atoms with E-state index in [1.807, 2.05) is 44.3 Å². The van der Waals surface area contributed by atoms with Gasteiger partial charge in [0.2, 0.25) is 0 Å². The van der Waals surface area contributed by atoms with Gasteiger partial charge in [-0.25, -0.2) is 0 Å². The number of fused-ring (bicyclic) bond motifs is 1. The molecule has 15 heavy (non-hydrogen) atoms. The minimum Gasteiger partial charge on any atom is -0.312 e. The molecule has 0 saturated carbocycles. The molecule has 0 aliphatic heterocycles. The Kier molecular flexibility index (Phi) is 2.65. The van der Waals surface area contributed by atoms with Gasteiger partial charge in [0.05, 0.1) is 0 Å². The Morgan fingerprint density at radius 3 is 2.67 bits per heavy atom. The summed E-state index contributed by atoms with van der Waals surface area (Å²) in [6, 6.07) is 7.94. The van der Waals surface area contributed by atoms with Crippen LogP contribution in [-0.2, 0) is 0 Å². The molecule has 0 saturated heterocycles. The summed E-state index contributed by atoms with van der Waals surface area (Å²) in [5.74, 6) is 0. The third-order valence-electron chi connectivity index (χ3n) is 2.45. The number of benzene rings is 1. The first-order valence-corrected chi connectivity index (χ1v) is 5.69. The summed E-state index contributed by atoms with van der Waals surface area (Å²) in [7, 11) is 0. The first-order valence-electron chi connectivity index (χ1n) is 4.90. The third-order valence-corrected chi connectivity index (χ3v) is 2.94. The molecular formula is C12H12BrNO. The van der Waals surface area contributed by atoms with Crippen LogP contribution in [0.1, 0.15) is 19.9 Å². The number of aromatic nitrogens is 1. The zero-order valence-electron chi connectivity index (χ0n) is 8.70. The van der Waals surface area contributed by atoms with Crippen molar-refractivity contribution in [3.63, 3.8) is 0 Å². The summed E-state index contributed by atoms with van der Waals surface area (Å²) in [5, 5.41) is 1.75. The van der Waals surface area contributed by atoms with Crippen molar-refractivity contribution in [2.75, 3.05) is 0 Å². The summed E-state index contributed by atoms with van der Waals surface area (Å²) < 4.78 is 2.68. The van der Waals surface area contributed by atoms with Gasteiger partial charge < -0.3 is 4.57 Å². The topological polar surface area (TPSA) is 22.0 Å². The largest absolute Gasteiger partial charge is 0.312 e. The predicted molar refractivity (Wildman–Crippen MR) is 66.3 cm³/mol. The highest BCUT2D eigenvalue weighted by Crippen LogP contribution is 2.17. The maximum Gasteiger partial charge on any atom is 0.258 e. The van der Waals surface area contributed by atoms with Crippen molar-refractivity contribution in [3.05, 3.63) is 45.3 Å². The fourth-order valence-electron chi connectivity index (χ4n) is 1.63. The van der Waals surface area contributed by atoms with Crippen LogP contribution in [0.4, 0.5) is 0 Å². The Balaban J connectivity index is 2.83. The minimum absolute atomic E-state index is 0.0730. The quantitative estimate of drug-likeness (QED) is 0.775. The van der Waals surface area contributed by atoms with Crippen molar-refractivity contribution in [2.24, 2.45) is 0 Å². The summed E-state index contributed by atoms with van der Waals surface area (Å²) in [5.41, 5.74) is 0.0730. The lowest BCUT2D eigenvalue weighted by Gasteiger charge is -2.10. The monoisotopic (exact) mass is 265 g/mol. The number of nitrogens with zero attached hydrogens (tertiary/aromatic N) is 1. The molecule has 0 aliphatic rings. The van der Waals surface area contributed by atoms with Crippen molar-refractivity contribution in [1.29, 1.82) is 0 Å². The van der Waals surface area contributed by atoms with Gasteiger partial charge in [0, 0.05) is 22.1 Å². The van der Waals surface area contributed by atoms with E-state index in [1.54, 1.807) is 4.57 Å². The van der Waals surface area contributed by atoms with Gasteiger partial charge in [0.15, 0.2) is 0 Å². The van der Waals surface area contributed by atoms with Gasteiger partial charge in [0.25, 0.3) is 5.56 Å². The average molecular weight is 266 g/mol. The molecule has 0 amide bonds. The fourth-order valence-corrected chi connectivity index (χ4v) is 1.99. The molecule has 0 atom stereocenters. The second-order valence-electron chi connectivity index (χ2n) is 3.85. The summed E-state index contributed by atoms with van der Waals surface area (Å²) >= 11 is 3.38. The molecular weight excluding hydrogens is 254 g/mol. The second kappa shape index (κ2) is 3.81. The highest BCUT2D eigenvalue weighted by Gasteiger charge is 2.05. The number of halogens is 1. The SMILES string of the molecule is CC(C)n1ccc2ccc(Br)cc2c1=O. The van der Waals surface area contributed by atoms with E-state index >= 15 is 0 Å². The lowest BCUT2D eigenvalue weighted by molar-refractivity contribution is 0.582. The zero-order valence-corrected chi connectivity index (χ0v) is 10.3. The molecule has 3 heteroatoms. The molecule has 1 heterocycles. The molecule has 2 nitrogen and oxygen atoms in total. The van der Waals surface area contributed by atoms with Gasteiger partial charge in [-0.3, -0.25) is 4.79 Å². The Hall–Kier alpha value is -1.09. The number of pyridine rings is 1. The van der Waals surface area contributed by atoms with E-state index in [1.165, 1.54) is 0 Å². The maximum absolute atomic E-state index is 12.1. The van der Waals surface area contributed by atoms with Gasteiger partial charge in [0.1, 0.15) is 0 Å². The van der Waals surface area contributed by atoms with Crippen LogP contribution >= 0.6 is 15.9 Å². The molecule has 78 valence electrons. The molecule has 0 N–H and O–H groups in total. The smallest absolute Gasteiger partial charge is 0.258 e. The molecule has 0 spiro atoms. The highest BCUT2D eigenvalue weighted by atomic mass is 79.9. The van der Waals surface area contributed by atoms with Crippen molar-refractivity contribution >= 4 is 26.7 Å². The Labute approximate surface area is 96.7 Å². The van der Waals surface area contributed by atoms with E-state index in [-0.39, 0.29) is 11.6 Å². The van der Waals surface area contributed by atoms with Gasteiger partial charge in [-0.15, -0.1) is 0 Å². The molecule has 0 radical (unpaired) electrons. The minimum atomic E-state index is 0.0730. The van der Waals surface area contributed by atoms with Crippen molar-refractivity contribution in [3.8, 4) is 0 Å². The fraction of sp³-hybridized carbons (Fsp3) is 0.250. The normalized spacial score (nSPS) is 11.2. The summed E-state index contributed by atoms with van der Waals surface area (Å²) in [6.45, 7) is 4.01. The zero-order chi connectivity index (χ0) is 11.0. The van der Waals surface area contributed by atoms with Gasteiger partial charge in [-0.05, 0) is 37.4 Å². The van der Waals surface area contributed by atoms with E-state index in [0.717, 1.165) is 15.2 Å². The van der Waals surface area contributed by atoms with Crippen LogP contribution in [0.2, 0.25) is 0 Å². The van der Waals surface area contributed by atoms with E-state index in [2.05, 4.69) is 15.9 Å². The summed E-state index contributed by atoms with van der Waals surface area (Å²) in [6.07, 6.45) is 1.85. The Bertz CT molecular complexity index is 557. The highest BCUT2D eigenvalue weighted by molar-refractivity contribution is 9.10. The lowest BCUT2D eigenvalue weighted by atomic mass is 10.1. The van der Waals surface area contributed by atoms with Gasteiger partial charge >= 0.3 is 0 Å². The van der Waals surface area contributed by atoms with E-state index < -0.39 is 0 Å². The molecule has 1 aromatic heterocycles. The first-order chi connectivity index (χ1) is 7.09. The van der Waals surface area contributed by atoms with Crippen LogP contribution in [0.5, 0.6) is 0 Å². The van der Waals surface area contributed by atoms with E-state index in [9.17, 15) is 4.79 Å². The van der Waals surface area contributed by atoms with E-state index in [0.29, 0.717) is 0 Å². The average Bonchev–Trinajstić information content (AvgIpc) is 2.19. The molecule has 1 aromatic carbocycles. The molecule has 2 rings (SSSR count). The van der Waals surface area contributed by atoms with Crippen molar-refractivity contribution < 1.29 is 0 Å². The number of rotatable bonds is 1. The first kappa shape index (κ1) is 10.4. The molecule has 0 bridgehead atoms. The second-order valence-corrected chi connectivity index (χ2v) is 4.77. The molecule has 0 unspecified atom stereocenters. The predicted octanol–water partition coefficient (Wildman–Crippen LogP) is 3.34. The van der Waals surface area contributed by atoms with Crippen LogP contribution in [0.15, 0.2) is 39.7 Å². The van der Waals surface area contributed by atoms with Gasteiger partial charge in [-0.2, -0.15) is 0 Å². The maximum atomic E-state index is 12.1. The van der Waals surface area contributed by atoms with Crippen LogP contribution in [0.25, 0.3) is 10.8 Å². The van der Waals surface area contributed by atoms with Crippen LogP contribution in [0, 0.1) is 0 Å². The van der Waals surface area contributed by atoms with Gasteiger partial charge in [-0.1, -0.05) is 22.0 Å². The Morgan fingerprint density at radius 2 is 2.00 bits per heavy atom. The lowest BCUT2D eigenvalue weighted by Crippen LogP contribution is -2.20. The molecule has 0 fully saturated rings. The number of hydrogen-bond acceptors (Lipinski definition) is 1. The molecule has 2 aromatic rings. The van der Waals surface area contributed by atoms with Crippen LogP contribution < -0.4 is 5.56 Å². The van der Waals surface area contributed by atoms with Crippen LogP contribution in [-0.4, -0.2) is 4.57 Å². The van der Waals surface area contributed by atoms with Crippen LogP contribution in [0.3, 0.4) is 0 Å². The van der Waals surface area contributed by atoms with E-state index in [4.69, 9.17) is 0 Å². The van der Waals surface area contributed by atoms with Crippen molar-refractivity contribution in [1.82, 2.24) is 4.57 Å². The summed E-state index contributed by atoms with van der Waals surface area (Å²) in [4.78, 5) is 12.1. The Morgan fingerprint density at radius 1 is 1.27 bits per heavy atom. The third kappa shape index (κ3) is 1.84. The number of hydrogen-bond donors (Lipinski definition) is 0.